The van der Waals surface area contributed by atoms with Crippen molar-refractivity contribution in [2.45, 2.75) is 26.2 Å². The van der Waals surface area contributed by atoms with Crippen molar-refractivity contribution in [3.63, 3.8) is 0 Å². The van der Waals surface area contributed by atoms with Crippen molar-refractivity contribution in [3.05, 3.63) is 35.9 Å². The number of hydrogen-bond donors (Lipinski definition) is 0. The van der Waals surface area contributed by atoms with Gasteiger partial charge in [0, 0.05) is 26.2 Å². The number of amides is 1. The lowest BCUT2D eigenvalue weighted by Crippen LogP contribution is -2.49. The summed E-state index contributed by atoms with van der Waals surface area (Å²) in [7, 11) is 0. The van der Waals surface area contributed by atoms with Crippen molar-refractivity contribution in [3.8, 4) is 0 Å². The van der Waals surface area contributed by atoms with Gasteiger partial charge in [0.2, 0.25) is 5.91 Å². The number of carbonyl (C=O) groups excluding carboxylic acids is 1. The highest BCUT2D eigenvalue weighted by atomic mass is 16.2. The molecule has 0 unspecified atom stereocenters. The predicted molar refractivity (Wildman–Crippen MR) is 78.2 cm³/mol. The summed E-state index contributed by atoms with van der Waals surface area (Å²) in [6.07, 6.45) is 0.872. The first-order valence-electron chi connectivity index (χ1n) is 7.32. The van der Waals surface area contributed by atoms with Crippen LogP contribution in [0.15, 0.2) is 30.3 Å². The Morgan fingerprint density at radius 2 is 1.74 bits per heavy atom. The molecule has 0 aliphatic carbocycles. The highest BCUT2D eigenvalue weighted by Crippen LogP contribution is 2.22. The third-order valence-electron chi connectivity index (χ3n) is 4.04. The lowest BCUT2D eigenvalue weighted by molar-refractivity contribution is -0.134. The van der Waals surface area contributed by atoms with Crippen LogP contribution in [-0.4, -0.2) is 48.4 Å². The highest BCUT2D eigenvalue weighted by Gasteiger charge is 2.26. The molecule has 3 nitrogen and oxygen atoms in total. The van der Waals surface area contributed by atoms with Crippen molar-refractivity contribution in [1.82, 2.24) is 9.80 Å². The van der Waals surface area contributed by atoms with Crippen LogP contribution in [0.5, 0.6) is 0 Å². The summed E-state index contributed by atoms with van der Waals surface area (Å²) in [5, 5.41) is 0. The molecule has 1 aliphatic heterocycles. The number of piperazine rings is 1. The lowest BCUT2D eigenvalue weighted by Gasteiger charge is -2.36. The molecule has 0 N–H and O–H groups in total. The smallest absolute Gasteiger partial charge is 0.230 e. The zero-order valence-corrected chi connectivity index (χ0v) is 12.0. The average molecular weight is 260 g/mol. The number of carbonyl (C=O) groups is 1. The first-order valence-corrected chi connectivity index (χ1v) is 7.32. The number of likely N-dealkylation sites (N-methyl/N-ethyl adjacent to an activating group) is 1. The molecule has 1 aliphatic rings. The number of hydrogen-bond acceptors (Lipinski definition) is 2. The maximum atomic E-state index is 12.6. The van der Waals surface area contributed by atoms with Gasteiger partial charge in [0.25, 0.3) is 0 Å². The Balaban J connectivity index is 2.02. The first-order chi connectivity index (χ1) is 9.26. The summed E-state index contributed by atoms with van der Waals surface area (Å²) in [6, 6.07) is 10.2. The minimum absolute atomic E-state index is 0.0226. The van der Waals surface area contributed by atoms with E-state index in [0.29, 0.717) is 5.91 Å². The van der Waals surface area contributed by atoms with Crippen LogP contribution in [0.25, 0.3) is 0 Å². The fourth-order valence-electron chi connectivity index (χ4n) is 2.74. The van der Waals surface area contributed by atoms with E-state index < -0.39 is 0 Å². The van der Waals surface area contributed by atoms with Crippen LogP contribution in [0.3, 0.4) is 0 Å². The third kappa shape index (κ3) is 3.35. The summed E-state index contributed by atoms with van der Waals surface area (Å²) in [4.78, 5) is 17.1. The van der Waals surface area contributed by atoms with Gasteiger partial charge in [-0.3, -0.25) is 4.79 Å². The van der Waals surface area contributed by atoms with Gasteiger partial charge >= 0.3 is 0 Å². The molecule has 1 fully saturated rings. The second-order valence-corrected chi connectivity index (χ2v) is 5.13. The molecular weight excluding hydrogens is 236 g/mol. The summed E-state index contributed by atoms with van der Waals surface area (Å²) >= 11 is 0. The Morgan fingerprint density at radius 3 is 2.26 bits per heavy atom. The van der Waals surface area contributed by atoms with Crippen LogP contribution < -0.4 is 0 Å². The van der Waals surface area contributed by atoms with E-state index in [1.807, 2.05) is 23.1 Å². The Bertz CT molecular complexity index is 396. The fraction of sp³-hybridized carbons (Fsp3) is 0.562. The number of nitrogens with zero attached hydrogens (tertiary/aromatic N) is 2. The molecule has 2 rings (SSSR count). The van der Waals surface area contributed by atoms with Gasteiger partial charge in [0.1, 0.15) is 0 Å². The van der Waals surface area contributed by atoms with Gasteiger partial charge in [-0.1, -0.05) is 44.2 Å². The van der Waals surface area contributed by atoms with Crippen LogP contribution >= 0.6 is 0 Å². The Morgan fingerprint density at radius 1 is 1.11 bits per heavy atom. The van der Waals surface area contributed by atoms with Gasteiger partial charge < -0.3 is 9.80 Å². The second-order valence-electron chi connectivity index (χ2n) is 5.13. The average Bonchev–Trinajstić information content (AvgIpc) is 2.49. The van der Waals surface area contributed by atoms with Gasteiger partial charge in [-0.2, -0.15) is 0 Å². The quantitative estimate of drug-likeness (QED) is 0.829. The van der Waals surface area contributed by atoms with Crippen LogP contribution in [0, 0.1) is 0 Å². The maximum absolute atomic E-state index is 12.6. The normalized spacial score (nSPS) is 18.3. The second kappa shape index (κ2) is 6.71. The molecule has 0 radical (unpaired) electrons. The van der Waals surface area contributed by atoms with Gasteiger partial charge in [-0.15, -0.1) is 0 Å². The van der Waals surface area contributed by atoms with Crippen LogP contribution in [-0.2, 0) is 4.79 Å². The van der Waals surface area contributed by atoms with E-state index in [1.54, 1.807) is 0 Å². The summed E-state index contributed by atoms with van der Waals surface area (Å²) in [6.45, 7) is 9.11. The Labute approximate surface area is 116 Å². The van der Waals surface area contributed by atoms with Gasteiger partial charge in [-0.25, -0.2) is 0 Å². The molecule has 1 aromatic carbocycles. The highest BCUT2D eigenvalue weighted by molar-refractivity contribution is 5.83. The lowest BCUT2D eigenvalue weighted by atomic mass is 9.95. The molecule has 1 saturated heterocycles. The van der Waals surface area contributed by atoms with Crippen molar-refractivity contribution < 1.29 is 4.79 Å². The zero-order valence-electron chi connectivity index (χ0n) is 12.0. The van der Waals surface area contributed by atoms with Gasteiger partial charge in [0.15, 0.2) is 0 Å². The largest absolute Gasteiger partial charge is 0.340 e. The molecule has 19 heavy (non-hydrogen) atoms. The summed E-state index contributed by atoms with van der Waals surface area (Å²) in [5.41, 5.74) is 1.15. The Hall–Kier alpha value is -1.35. The molecule has 104 valence electrons. The van der Waals surface area contributed by atoms with E-state index in [4.69, 9.17) is 0 Å². The molecule has 1 aromatic rings. The van der Waals surface area contributed by atoms with Gasteiger partial charge in [0.05, 0.1) is 5.92 Å². The number of rotatable bonds is 4. The van der Waals surface area contributed by atoms with Crippen LogP contribution in [0.1, 0.15) is 31.7 Å². The molecule has 1 atom stereocenters. The molecule has 0 saturated carbocycles. The van der Waals surface area contributed by atoms with E-state index >= 15 is 0 Å². The molecule has 0 bridgehead atoms. The molecule has 1 amide bonds. The summed E-state index contributed by atoms with van der Waals surface area (Å²) < 4.78 is 0. The maximum Gasteiger partial charge on any atom is 0.230 e. The fourth-order valence-corrected chi connectivity index (χ4v) is 2.74. The predicted octanol–water partition coefficient (Wildman–Crippen LogP) is 2.34. The van der Waals surface area contributed by atoms with Crippen LogP contribution in [0.4, 0.5) is 0 Å². The summed E-state index contributed by atoms with van der Waals surface area (Å²) in [5.74, 6) is 0.318. The molecular formula is C16H24N2O. The van der Waals surface area contributed by atoms with Gasteiger partial charge in [-0.05, 0) is 18.5 Å². The number of benzene rings is 1. The minimum Gasteiger partial charge on any atom is -0.340 e. The van der Waals surface area contributed by atoms with Crippen molar-refractivity contribution >= 4 is 5.91 Å². The SMILES string of the molecule is CC[C@H](C(=O)N1CCN(CC)CC1)c1ccccc1. The van der Waals surface area contributed by atoms with E-state index in [1.165, 1.54) is 0 Å². The zero-order chi connectivity index (χ0) is 13.7. The first kappa shape index (κ1) is 14.1. The molecule has 0 spiro atoms. The van der Waals surface area contributed by atoms with E-state index in [9.17, 15) is 4.79 Å². The van der Waals surface area contributed by atoms with Crippen molar-refractivity contribution in [1.29, 1.82) is 0 Å². The Kier molecular flexibility index (Phi) is 4.97. The third-order valence-corrected chi connectivity index (χ3v) is 4.04. The topological polar surface area (TPSA) is 23.6 Å². The van der Waals surface area contributed by atoms with Crippen LogP contribution in [0.2, 0.25) is 0 Å². The van der Waals surface area contributed by atoms with E-state index in [-0.39, 0.29) is 5.92 Å². The molecule has 0 aromatic heterocycles. The van der Waals surface area contributed by atoms with Crippen molar-refractivity contribution in [2.75, 3.05) is 32.7 Å². The molecule has 1 heterocycles. The minimum atomic E-state index is 0.0226. The molecule has 3 heteroatoms. The van der Waals surface area contributed by atoms with Crippen molar-refractivity contribution in [2.24, 2.45) is 0 Å². The standard InChI is InChI=1S/C16H24N2O/c1-3-15(14-8-6-5-7-9-14)16(19)18-12-10-17(4-2)11-13-18/h5-9,15H,3-4,10-13H2,1-2H3/t15-/m0/s1. The van der Waals surface area contributed by atoms with E-state index in [2.05, 4.69) is 30.9 Å². The monoisotopic (exact) mass is 260 g/mol. The van der Waals surface area contributed by atoms with E-state index in [0.717, 1.165) is 44.7 Å².